The van der Waals surface area contributed by atoms with Crippen LogP contribution < -0.4 is 18.9 Å². The molecule has 2 heterocycles. The van der Waals surface area contributed by atoms with Crippen LogP contribution in [0.15, 0.2) is 109 Å². The molecule has 2 aliphatic heterocycles. The van der Waals surface area contributed by atoms with E-state index in [9.17, 15) is 9.59 Å². The van der Waals surface area contributed by atoms with Gasteiger partial charge in [0.05, 0.1) is 26.3 Å². The van der Waals surface area contributed by atoms with Crippen LogP contribution in [0.1, 0.15) is 48.9 Å². The van der Waals surface area contributed by atoms with E-state index in [4.69, 9.17) is 18.9 Å². The molecule has 4 aromatic carbocycles. The lowest BCUT2D eigenvalue weighted by molar-refractivity contribution is -0.187. The SMILES string of the molecule is COc1ccc([C@@H]2[C@H](Oc3ccccc3)C(=O)N2C2CCCCC2N2C(=O)[C@H](Oc3ccccc3)[C@@H]2c2ccc(OC)cc2)cc1. The maximum Gasteiger partial charge on any atom is 0.267 e. The summed E-state index contributed by atoms with van der Waals surface area (Å²) in [4.78, 5) is 32.1. The standard InChI is InChI=1S/C38H38N2O6/c1-43-27-21-17-25(18-22-27)33-35(45-29-11-5-3-6-12-29)37(41)39(33)31-15-9-10-16-32(31)40-34(26-19-23-28(44-2)24-20-26)36(38(40)42)46-30-13-7-4-8-14-30/h3-8,11-14,17-24,31-36H,9-10,15-16H2,1-2H3/t31?,32?,33-,34+,35+,36-. The van der Waals surface area contributed by atoms with E-state index in [-0.39, 0.29) is 36.0 Å². The first-order valence-corrected chi connectivity index (χ1v) is 15.9. The van der Waals surface area contributed by atoms with Crippen molar-refractivity contribution in [1.82, 2.24) is 9.80 Å². The summed E-state index contributed by atoms with van der Waals surface area (Å²) in [7, 11) is 3.28. The molecule has 0 radical (unpaired) electrons. The molecule has 0 N–H and O–H groups in total. The Kier molecular flexibility index (Phi) is 8.26. The summed E-state index contributed by atoms with van der Waals surface area (Å²) in [5.74, 6) is 2.67. The first-order valence-electron chi connectivity index (χ1n) is 15.9. The summed E-state index contributed by atoms with van der Waals surface area (Å²) in [5.41, 5.74) is 1.94. The Morgan fingerprint density at radius 3 is 1.22 bits per heavy atom. The summed E-state index contributed by atoms with van der Waals surface area (Å²) in [5, 5.41) is 0. The number of amides is 2. The number of β-lactam (4-membered cyclic amide) rings is 2. The predicted molar refractivity (Wildman–Crippen MR) is 173 cm³/mol. The molecule has 8 nitrogen and oxygen atoms in total. The van der Waals surface area contributed by atoms with Crippen molar-refractivity contribution in [3.8, 4) is 23.0 Å². The van der Waals surface area contributed by atoms with Gasteiger partial charge in [0.25, 0.3) is 11.8 Å². The topological polar surface area (TPSA) is 77.5 Å². The Bertz CT molecular complexity index is 1520. The number of ether oxygens (including phenoxy) is 4. The second-order valence-electron chi connectivity index (χ2n) is 12.0. The van der Waals surface area contributed by atoms with Crippen molar-refractivity contribution in [3.05, 3.63) is 120 Å². The van der Waals surface area contributed by atoms with Crippen LogP contribution in [0.5, 0.6) is 23.0 Å². The number of carbonyl (C=O) groups is 2. The van der Waals surface area contributed by atoms with Gasteiger partial charge < -0.3 is 28.7 Å². The van der Waals surface area contributed by atoms with Crippen LogP contribution in [0.3, 0.4) is 0 Å². The van der Waals surface area contributed by atoms with Crippen molar-refractivity contribution in [2.24, 2.45) is 0 Å². The van der Waals surface area contributed by atoms with E-state index in [2.05, 4.69) is 0 Å². The Labute approximate surface area is 269 Å². The number of nitrogens with zero attached hydrogens (tertiary/aromatic N) is 2. The molecule has 1 saturated carbocycles. The van der Waals surface area contributed by atoms with Gasteiger partial charge in [-0.3, -0.25) is 9.59 Å². The molecule has 2 amide bonds. The first-order chi connectivity index (χ1) is 22.6. The summed E-state index contributed by atoms with van der Waals surface area (Å²) in [6.45, 7) is 0. The van der Waals surface area contributed by atoms with Gasteiger partial charge in [0.15, 0.2) is 0 Å². The quantitative estimate of drug-likeness (QED) is 0.192. The lowest BCUT2D eigenvalue weighted by atomic mass is 9.78. The van der Waals surface area contributed by atoms with Crippen molar-refractivity contribution in [1.29, 1.82) is 0 Å². The second kappa shape index (κ2) is 12.8. The molecule has 6 atom stereocenters. The van der Waals surface area contributed by atoms with Gasteiger partial charge in [-0.05, 0) is 72.5 Å². The highest BCUT2D eigenvalue weighted by Crippen LogP contribution is 2.48. The van der Waals surface area contributed by atoms with E-state index in [0.717, 1.165) is 48.3 Å². The summed E-state index contributed by atoms with van der Waals surface area (Å²) < 4.78 is 23.5. The smallest absolute Gasteiger partial charge is 0.267 e. The molecule has 1 aliphatic carbocycles. The Hall–Kier alpha value is -4.98. The van der Waals surface area contributed by atoms with Gasteiger partial charge in [0.2, 0.25) is 12.2 Å². The van der Waals surface area contributed by atoms with Crippen LogP contribution in [-0.2, 0) is 9.59 Å². The zero-order chi connectivity index (χ0) is 31.6. The minimum atomic E-state index is -0.669. The number of likely N-dealkylation sites (tertiary alicyclic amines) is 2. The fourth-order valence-electron chi connectivity index (χ4n) is 7.24. The highest BCUT2D eigenvalue weighted by molar-refractivity contribution is 5.91. The maximum absolute atomic E-state index is 14.1. The number of benzene rings is 4. The third-order valence-corrected chi connectivity index (χ3v) is 9.50. The van der Waals surface area contributed by atoms with E-state index < -0.39 is 12.2 Å². The number of hydrogen-bond donors (Lipinski definition) is 0. The molecular formula is C38H38N2O6. The number of rotatable bonds is 10. The lowest BCUT2D eigenvalue weighted by Crippen LogP contribution is -2.73. The Morgan fingerprint density at radius 1 is 0.500 bits per heavy atom. The van der Waals surface area contributed by atoms with Gasteiger partial charge in [0.1, 0.15) is 35.1 Å². The van der Waals surface area contributed by atoms with E-state index in [1.807, 2.05) is 119 Å². The molecule has 7 rings (SSSR count). The molecule has 46 heavy (non-hydrogen) atoms. The molecule has 3 aliphatic rings. The van der Waals surface area contributed by atoms with E-state index in [1.54, 1.807) is 14.2 Å². The van der Waals surface area contributed by atoms with Gasteiger partial charge in [-0.1, -0.05) is 73.5 Å². The molecule has 0 bridgehead atoms. The Morgan fingerprint density at radius 2 is 0.870 bits per heavy atom. The molecule has 2 saturated heterocycles. The normalized spacial score (nSPS) is 25.7. The van der Waals surface area contributed by atoms with Crippen molar-refractivity contribution >= 4 is 11.8 Å². The van der Waals surface area contributed by atoms with E-state index in [0.29, 0.717) is 11.5 Å². The van der Waals surface area contributed by atoms with Gasteiger partial charge in [-0.2, -0.15) is 0 Å². The van der Waals surface area contributed by atoms with Crippen LogP contribution in [0.4, 0.5) is 0 Å². The van der Waals surface area contributed by atoms with Gasteiger partial charge in [0, 0.05) is 0 Å². The number of carbonyl (C=O) groups excluding carboxylic acids is 2. The van der Waals surface area contributed by atoms with Crippen LogP contribution in [0.25, 0.3) is 0 Å². The highest BCUT2D eigenvalue weighted by Gasteiger charge is 2.59. The van der Waals surface area contributed by atoms with Crippen LogP contribution in [0.2, 0.25) is 0 Å². The minimum Gasteiger partial charge on any atom is -0.497 e. The molecule has 0 spiro atoms. The zero-order valence-corrected chi connectivity index (χ0v) is 26.0. The van der Waals surface area contributed by atoms with Gasteiger partial charge in [-0.15, -0.1) is 0 Å². The predicted octanol–water partition coefficient (Wildman–Crippen LogP) is 6.38. The average Bonchev–Trinajstić information content (AvgIpc) is 3.12. The van der Waals surface area contributed by atoms with E-state index in [1.165, 1.54) is 0 Å². The molecule has 4 aromatic rings. The first kappa shape index (κ1) is 29.7. The van der Waals surface area contributed by atoms with Crippen LogP contribution in [0, 0.1) is 0 Å². The van der Waals surface area contributed by atoms with Crippen molar-refractivity contribution in [2.75, 3.05) is 14.2 Å². The summed E-state index contributed by atoms with van der Waals surface area (Å²) in [6.07, 6.45) is 2.20. The monoisotopic (exact) mass is 618 g/mol. The third-order valence-electron chi connectivity index (χ3n) is 9.50. The summed E-state index contributed by atoms with van der Waals surface area (Å²) in [6, 6.07) is 33.6. The van der Waals surface area contributed by atoms with Gasteiger partial charge >= 0.3 is 0 Å². The van der Waals surface area contributed by atoms with Crippen LogP contribution >= 0.6 is 0 Å². The maximum atomic E-state index is 14.1. The van der Waals surface area contributed by atoms with Gasteiger partial charge in [-0.25, -0.2) is 0 Å². The molecule has 2 unspecified atom stereocenters. The number of para-hydroxylation sites is 2. The van der Waals surface area contributed by atoms with E-state index >= 15 is 0 Å². The fraction of sp³-hybridized carbons (Fsp3) is 0.316. The van der Waals surface area contributed by atoms with Crippen molar-refractivity contribution < 1.29 is 28.5 Å². The van der Waals surface area contributed by atoms with Crippen LogP contribution in [-0.4, -0.2) is 60.1 Å². The zero-order valence-electron chi connectivity index (χ0n) is 26.0. The number of hydrogen-bond acceptors (Lipinski definition) is 6. The third kappa shape index (κ3) is 5.42. The average molecular weight is 619 g/mol. The summed E-state index contributed by atoms with van der Waals surface area (Å²) >= 11 is 0. The molecule has 0 aromatic heterocycles. The highest BCUT2D eigenvalue weighted by atomic mass is 16.5. The lowest BCUT2D eigenvalue weighted by Gasteiger charge is -2.58. The Balaban J connectivity index is 1.22. The minimum absolute atomic E-state index is 0.0624. The fourth-order valence-corrected chi connectivity index (χ4v) is 7.24. The second-order valence-corrected chi connectivity index (χ2v) is 12.0. The van der Waals surface area contributed by atoms with Crippen molar-refractivity contribution in [3.63, 3.8) is 0 Å². The molecule has 3 fully saturated rings. The largest absolute Gasteiger partial charge is 0.497 e. The molecule has 236 valence electrons. The number of methoxy groups -OCH3 is 2. The molecule has 8 heteroatoms. The van der Waals surface area contributed by atoms with Crippen molar-refractivity contribution in [2.45, 2.75) is 62.1 Å². The molecular weight excluding hydrogens is 580 g/mol.